The Morgan fingerprint density at radius 2 is 1.76 bits per heavy atom. The van der Waals surface area contributed by atoms with Crippen LogP contribution in [0.1, 0.15) is 28.9 Å². The molecule has 6 nitrogen and oxygen atoms in total. The molecule has 12 heteroatoms. The molecule has 0 radical (unpaired) electrons. The van der Waals surface area contributed by atoms with E-state index in [4.69, 9.17) is 16.3 Å². The minimum atomic E-state index is -3.98. The van der Waals surface area contributed by atoms with Crippen LogP contribution in [0.15, 0.2) is 42.6 Å². The third kappa shape index (κ3) is 5.79. The van der Waals surface area contributed by atoms with E-state index in [2.05, 4.69) is 4.98 Å². The number of aromatic nitrogens is 1. The quantitative estimate of drug-likeness (QED) is 0.490. The second kappa shape index (κ2) is 9.36. The van der Waals surface area contributed by atoms with Gasteiger partial charge in [0.1, 0.15) is 34.4 Å². The highest BCUT2D eigenvalue weighted by molar-refractivity contribution is 7.89. The molecule has 0 aliphatic rings. The van der Waals surface area contributed by atoms with Crippen molar-refractivity contribution in [3.8, 4) is 17.0 Å². The lowest BCUT2D eigenvalue weighted by molar-refractivity contribution is 0.0977. The number of sulfonamides is 1. The first-order valence-electron chi connectivity index (χ1n) is 9.14. The molecule has 174 valence electrons. The van der Waals surface area contributed by atoms with E-state index in [-0.39, 0.29) is 27.6 Å². The Labute approximate surface area is 191 Å². The number of rotatable bonds is 6. The average molecular weight is 503 g/mol. The van der Waals surface area contributed by atoms with E-state index in [9.17, 15) is 30.8 Å². The molecule has 3 aromatic rings. The van der Waals surface area contributed by atoms with E-state index in [1.165, 1.54) is 19.1 Å². The molecule has 0 saturated heterocycles. The number of pyridine rings is 1. The molecule has 1 N–H and O–H groups in total. The van der Waals surface area contributed by atoms with Crippen molar-refractivity contribution in [3.63, 3.8) is 0 Å². The minimum Gasteiger partial charge on any atom is -0.469 e. The molecule has 1 aromatic heterocycles. The van der Waals surface area contributed by atoms with Crippen molar-refractivity contribution in [1.82, 2.24) is 9.71 Å². The van der Waals surface area contributed by atoms with Gasteiger partial charge in [-0.25, -0.2) is 35.7 Å². The second-order valence-corrected chi connectivity index (χ2v) is 9.11. The van der Waals surface area contributed by atoms with Crippen LogP contribution in [0.4, 0.5) is 17.6 Å². The van der Waals surface area contributed by atoms with Crippen molar-refractivity contribution in [1.29, 1.82) is 0 Å². The Morgan fingerprint density at radius 1 is 1.06 bits per heavy atom. The molecule has 2 aromatic carbocycles. The molecular formula is C21H15ClF4N2O4S. The molecule has 0 bridgehead atoms. The summed E-state index contributed by atoms with van der Waals surface area (Å²) in [5.74, 6) is -5.26. The zero-order valence-corrected chi connectivity index (χ0v) is 18.6. The number of nitrogens with zero attached hydrogens (tertiary/aromatic N) is 1. The normalized spacial score (nSPS) is 12.3. The number of nitrogens with one attached hydrogen (secondary N) is 1. The summed E-state index contributed by atoms with van der Waals surface area (Å²) < 4.78 is 85.3. The summed E-state index contributed by atoms with van der Waals surface area (Å²) in [7, 11) is -3.98. The van der Waals surface area contributed by atoms with Crippen LogP contribution in [-0.4, -0.2) is 25.6 Å². The van der Waals surface area contributed by atoms with Crippen LogP contribution in [0.2, 0.25) is 5.02 Å². The van der Waals surface area contributed by atoms with Gasteiger partial charge in [-0.15, -0.1) is 0 Å². The number of carbonyl (C=O) groups excluding carboxylic acids is 1. The van der Waals surface area contributed by atoms with Gasteiger partial charge in [-0.05, 0) is 37.3 Å². The van der Waals surface area contributed by atoms with E-state index in [0.717, 1.165) is 12.3 Å². The Hall–Kier alpha value is -3.18. The van der Waals surface area contributed by atoms with Crippen LogP contribution in [0.5, 0.6) is 5.88 Å². The number of benzene rings is 2. The smallest absolute Gasteiger partial charge is 0.267 e. The Morgan fingerprint density at radius 3 is 2.36 bits per heavy atom. The fourth-order valence-electron chi connectivity index (χ4n) is 2.89. The van der Waals surface area contributed by atoms with Crippen LogP contribution < -0.4 is 9.46 Å². The molecule has 0 spiro atoms. The fourth-order valence-corrected chi connectivity index (χ4v) is 3.54. The van der Waals surface area contributed by atoms with Gasteiger partial charge in [0, 0.05) is 29.0 Å². The largest absolute Gasteiger partial charge is 0.469 e. The molecule has 1 atom stereocenters. The lowest BCUT2D eigenvalue weighted by Gasteiger charge is -2.16. The summed E-state index contributed by atoms with van der Waals surface area (Å²) in [6.07, 6.45) is 0.905. The predicted octanol–water partition coefficient (Wildman–Crippen LogP) is 4.79. The van der Waals surface area contributed by atoms with Gasteiger partial charge in [0.15, 0.2) is 0 Å². The van der Waals surface area contributed by atoms with Crippen LogP contribution in [0, 0.1) is 23.3 Å². The van der Waals surface area contributed by atoms with Gasteiger partial charge >= 0.3 is 0 Å². The summed E-state index contributed by atoms with van der Waals surface area (Å²) >= 11 is 6.13. The van der Waals surface area contributed by atoms with Crippen LogP contribution in [0.25, 0.3) is 11.1 Å². The maximum Gasteiger partial charge on any atom is 0.267 e. The standard InChI is InChI=1S/C21H15ClF4N2O4S/c1-10(13-4-3-12(23)6-17(13)24)32-21-16(22)5-11(9-27-21)14-7-19(26)15(8-18(14)25)20(29)28-33(2,30)31/h3-10H,1-2H3,(H,28,29)/t10-/m1/s1. The van der Waals surface area contributed by atoms with E-state index >= 15 is 0 Å². The van der Waals surface area contributed by atoms with Gasteiger partial charge in [0.25, 0.3) is 5.91 Å². The van der Waals surface area contributed by atoms with E-state index in [0.29, 0.717) is 24.5 Å². The summed E-state index contributed by atoms with van der Waals surface area (Å²) in [4.78, 5) is 15.8. The number of ether oxygens (including phenoxy) is 1. The molecule has 3 rings (SSSR count). The molecule has 0 aliphatic heterocycles. The second-order valence-electron chi connectivity index (χ2n) is 6.95. The monoisotopic (exact) mass is 502 g/mol. The molecule has 0 fully saturated rings. The highest BCUT2D eigenvalue weighted by atomic mass is 35.5. The Bertz CT molecular complexity index is 1350. The van der Waals surface area contributed by atoms with Gasteiger partial charge in [0.05, 0.1) is 11.8 Å². The lowest BCUT2D eigenvalue weighted by atomic mass is 10.0. The summed E-state index contributed by atoms with van der Waals surface area (Å²) in [5, 5.41) is -0.111. The molecule has 0 aliphatic carbocycles. The third-order valence-corrected chi connectivity index (χ3v) is 5.21. The van der Waals surface area contributed by atoms with Crippen LogP contribution in [0.3, 0.4) is 0 Å². The number of amides is 1. The zero-order chi connectivity index (χ0) is 24.5. The number of hydrogen-bond acceptors (Lipinski definition) is 5. The number of carbonyl (C=O) groups is 1. The van der Waals surface area contributed by atoms with Crippen molar-refractivity contribution in [2.75, 3.05) is 6.26 Å². The van der Waals surface area contributed by atoms with Gasteiger partial charge in [-0.2, -0.15) is 0 Å². The van der Waals surface area contributed by atoms with Gasteiger partial charge < -0.3 is 4.74 Å². The maximum absolute atomic E-state index is 14.6. The Balaban J connectivity index is 1.87. The minimum absolute atomic E-state index is 0.0273. The van der Waals surface area contributed by atoms with Crippen molar-refractivity contribution < 1.29 is 35.5 Å². The average Bonchev–Trinajstić information content (AvgIpc) is 2.69. The zero-order valence-electron chi connectivity index (χ0n) is 17.0. The van der Waals surface area contributed by atoms with Gasteiger partial charge in [0.2, 0.25) is 15.9 Å². The van der Waals surface area contributed by atoms with Crippen molar-refractivity contribution in [2.24, 2.45) is 0 Å². The molecule has 0 saturated carbocycles. The first-order valence-corrected chi connectivity index (χ1v) is 11.4. The number of hydrogen-bond donors (Lipinski definition) is 1. The molecule has 1 amide bonds. The summed E-state index contributed by atoms with van der Waals surface area (Å²) in [5.41, 5.74) is -1.04. The van der Waals surface area contributed by atoms with Crippen molar-refractivity contribution in [2.45, 2.75) is 13.0 Å². The Kier molecular flexibility index (Phi) is 6.94. The third-order valence-electron chi connectivity index (χ3n) is 4.39. The van der Waals surface area contributed by atoms with E-state index in [1.54, 1.807) is 4.72 Å². The van der Waals surface area contributed by atoms with E-state index in [1.807, 2.05) is 0 Å². The summed E-state index contributed by atoms with van der Waals surface area (Å²) in [6, 6.07) is 5.42. The number of halogens is 5. The highest BCUT2D eigenvalue weighted by Crippen LogP contribution is 2.33. The van der Waals surface area contributed by atoms with Crippen molar-refractivity contribution >= 4 is 27.5 Å². The molecular weight excluding hydrogens is 488 g/mol. The summed E-state index contributed by atoms with van der Waals surface area (Å²) in [6.45, 7) is 1.48. The van der Waals surface area contributed by atoms with Crippen LogP contribution in [-0.2, 0) is 10.0 Å². The maximum atomic E-state index is 14.6. The fraction of sp³-hybridized carbons (Fsp3) is 0.143. The first kappa shape index (κ1) is 24.5. The highest BCUT2D eigenvalue weighted by Gasteiger charge is 2.21. The lowest BCUT2D eigenvalue weighted by Crippen LogP contribution is -2.30. The first-order chi connectivity index (χ1) is 15.4. The van der Waals surface area contributed by atoms with E-state index < -0.39 is 50.9 Å². The molecule has 33 heavy (non-hydrogen) atoms. The van der Waals surface area contributed by atoms with Gasteiger partial charge in [-0.3, -0.25) is 4.79 Å². The molecule has 0 unspecified atom stereocenters. The van der Waals surface area contributed by atoms with Gasteiger partial charge in [-0.1, -0.05) is 11.6 Å². The molecule has 1 heterocycles. The van der Waals surface area contributed by atoms with Crippen LogP contribution >= 0.6 is 11.6 Å². The predicted molar refractivity (Wildman–Crippen MR) is 112 cm³/mol. The van der Waals surface area contributed by atoms with Crippen molar-refractivity contribution in [3.05, 3.63) is 82.0 Å². The topological polar surface area (TPSA) is 85.4 Å². The SMILES string of the molecule is C[C@@H](Oc1ncc(-c2cc(F)c(C(=O)NS(C)(=O)=O)cc2F)cc1Cl)c1ccc(F)cc1F.